The van der Waals surface area contributed by atoms with Gasteiger partial charge in [0, 0.05) is 38.8 Å². The van der Waals surface area contributed by atoms with E-state index in [9.17, 15) is 113 Å². The van der Waals surface area contributed by atoms with Crippen molar-refractivity contribution in [2.24, 2.45) is 34.6 Å². The van der Waals surface area contributed by atoms with Gasteiger partial charge in [0.25, 0.3) is 0 Å². The van der Waals surface area contributed by atoms with E-state index in [0.29, 0.717) is 18.4 Å². The largest absolute Gasteiger partial charge is 0.508 e. The number of phenols is 3. The molecule has 0 unspecified atom stereocenters. The maximum atomic E-state index is 14.8. The van der Waals surface area contributed by atoms with Crippen LogP contribution in [0.5, 0.6) is 17.2 Å². The van der Waals surface area contributed by atoms with Crippen LogP contribution in [0.4, 0.5) is 0 Å². The molecule has 0 aliphatic heterocycles. The Kier molecular flexibility index (Phi) is 41.3. The Morgan fingerprint density at radius 3 is 1.03 bits per heavy atom. The van der Waals surface area contributed by atoms with E-state index in [1.54, 1.807) is 6.92 Å². The molecule has 115 heavy (non-hydrogen) atoms. The van der Waals surface area contributed by atoms with Gasteiger partial charge >= 0.3 is 17.9 Å². The van der Waals surface area contributed by atoms with Crippen molar-refractivity contribution in [1.29, 1.82) is 10.8 Å². The number of unbranched alkanes of at least 4 members (excludes halogenated alkanes) is 1. The highest BCUT2D eigenvalue weighted by atomic mass is 16.4. The van der Waals surface area contributed by atoms with E-state index in [0.717, 1.165) is 6.92 Å². The summed E-state index contributed by atoms with van der Waals surface area (Å²) in [7, 11) is 0. The highest BCUT2D eigenvalue weighted by molar-refractivity contribution is 6.01. The number of benzene rings is 3. The highest BCUT2D eigenvalue weighted by Gasteiger charge is 2.40. The van der Waals surface area contributed by atoms with Crippen LogP contribution in [-0.4, -0.2) is 246 Å². The van der Waals surface area contributed by atoms with Crippen LogP contribution in [0.2, 0.25) is 0 Å². The van der Waals surface area contributed by atoms with Crippen molar-refractivity contribution in [2.45, 2.75) is 209 Å². The minimum absolute atomic E-state index is 0.000851. The number of primary amides is 1. The van der Waals surface area contributed by atoms with Crippen molar-refractivity contribution in [3.05, 3.63) is 89.5 Å². The third kappa shape index (κ3) is 35.8. The van der Waals surface area contributed by atoms with Gasteiger partial charge in [-0.3, -0.25) is 82.7 Å². The maximum absolute atomic E-state index is 14.8. The molecule has 0 heterocycles. The lowest BCUT2D eigenvalue weighted by Crippen LogP contribution is -2.63. The SMILES string of the molecule is CC[C@H](C)[C@H](NC(=O)[C@H](CC(=O)O)NC(=O)[C@H](CCCNC(=N)N)NC(=O)[C@@H](N)[C@@H](C)O)C(=O)N[C@@H](Cc1ccc(O)cc1)C(=O)N[C@@H](CCC(=O)O)C(=O)N[C@H](C(=O)N[C@@H](CC(=O)O)C(=O)N[C@@H](Cc1ccc(O)cc1)C(=O)N[C@@H](Cc1ccc(O)cc1)C(=O)N[C@@H](CCCNC(=N)N)C(=O)N[C@@H](CCCCN)C(N)=O)[C@@H](C)O. The normalized spacial score (nSPS) is 14.9. The zero-order chi connectivity index (χ0) is 86.3. The van der Waals surface area contributed by atoms with Gasteiger partial charge in [0.15, 0.2) is 11.9 Å². The Morgan fingerprint density at radius 2 is 0.678 bits per heavy atom. The zero-order valence-corrected chi connectivity index (χ0v) is 63.9. The van der Waals surface area contributed by atoms with E-state index in [1.807, 2.05) is 0 Å². The van der Waals surface area contributed by atoms with E-state index >= 15 is 0 Å². The number of phenolic OH excluding ortho intramolecular Hbond substituents is 3. The molecule has 12 amide bonds. The van der Waals surface area contributed by atoms with E-state index in [1.165, 1.54) is 86.6 Å². The first kappa shape index (κ1) is 96.7. The number of carboxylic acid groups (broad SMARTS) is 3. The topological polar surface area (TPSA) is 752 Å². The van der Waals surface area contributed by atoms with E-state index < -0.39 is 236 Å². The number of nitrogens with two attached hydrogens (primary N) is 5. The Labute approximate surface area is 660 Å². The fraction of sp³-hybridized carbons (Fsp3) is 0.514. The lowest BCUT2D eigenvalue weighted by Gasteiger charge is -2.30. The van der Waals surface area contributed by atoms with E-state index in [-0.39, 0.29) is 86.5 Å². The number of rotatable bonds is 52. The monoisotopic (exact) mass is 1620 g/mol. The standard InChI is InChI=1S/C72H108N20O23/c1-5-35(2)57(91-67(112)52(34-55(102)103)88-61(106)46(12-9-29-81-72(78)79)85-68(113)56(74)36(3)93)69(114)89-50(32-40-17-23-43(97)24-18-40)64(109)84-47(25-26-53(98)99)62(107)92-58(37(4)94)70(115)90-51(33-54(100)101)66(111)87-49(31-39-15-21-42(96)22-16-39)65(110)86-48(30-38-13-19-41(95)20-14-38)63(108)83-45(11-8-28-80-71(76)77)60(105)82-44(59(75)104)10-6-7-27-73/h13-24,35-37,44-52,56-58,93-97H,5-12,25-34,73-74H2,1-4H3,(H2,75,104)(H,82,105)(H,83,108)(H,84,109)(H,85,113)(H,86,110)(H,87,111)(H,88,106)(H,89,114)(H,90,115)(H,91,112)(H,92,107)(H,98,99)(H,100,101)(H,102,103)(H4,76,77,80)(H4,78,79,81)/t35-,36+,37+,44-,45-,46-,47-,48-,49-,50-,51-,52-,56-,57-,58-/m0/s1. The highest BCUT2D eigenvalue weighted by Crippen LogP contribution is 2.19. The average molecular weight is 1620 g/mol. The molecule has 3 aromatic rings. The van der Waals surface area contributed by atoms with Crippen LogP contribution in [0.1, 0.15) is 121 Å². The van der Waals surface area contributed by atoms with Crippen molar-refractivity contribution in [3.8, 4) is 17.2 Å². The number of aliphatic carboxylic acids is 3. The van der Waals surface area contributed by atoms with Crippen LogP contribution in [0.15, 0.2) is 72.8 Å². The van der Waals surface area contributed by atoms with Crippen LogP contribution >= 0.6 is 0 Å². The van der Waals surface area contributed by atoms with E-state index in [4.69, 9.17) is 39.5 Å². The molecule has 0 spiro atoms. The van der Waals surface area contributed by atoms with Crippen molar-refractivity contribution in [2.75, 3.05) is 19.6 Å². The second kappa shape index (κ2) is 49.1. The van der Waals surface area contributed by atoms with Gasteiger partial charge in [0.2, 0.25) is 70.9 Å². The van der Waals surface area contributed by atoms with Crippen LogP contribution in [0.3, 0.4) is 0 Å². The van der Waals surface area contributed by atoms with Crippen LogP contribution in [-0.2, 0) is 91.2 Å². The lowest BCUT2D eigenvalue weighted by molar-refractivity contribution is -0.142. The predicted octanol–water partition coefficient (Wildman–Crippen LogP) is -6.75. The average Bonchev–Trinajstić information content (AvgIpc) is 0.841. The summed E-state index contributed by atoms with van der Waals surface area (Å²) in [6.45, 7) is 5.48. The summed E-state index contributed by atoms with van der Waals surface area (Å²) in [4.78, 5) is 207. The molecule has 634 valence electrons. The number of carboxylic acids is 3. The molecule has 0 aliphatic carbocycles. The molecule has 43 heteroatoms. The van der Waals surface area contributed by atoms with Crippen LogP contribution in [0.25, 0.3) is 0 Å². The van der Waals surface area contributed by atoms with Gasteiger partial charge in [-0.1, -0.05) is 56.7 Å². The molecule has 0 saturated carbocycles. The zero-order valence-electron chi connectivity index (χ0n) is 63.9. The van der Waals surface area contributed by atoms with Crippen LogP contribution in [0, 0.1) is 16.7 Å². The molecule has 0 aliphatic rings. The second-order valence-electron chi connectivity index (χ2n) is 27.3. The molecule has 0 radical (unpaired) electrons. The molecule has 0 saturated heterocycles. The number of aliphatic hydroxyl groups is 2. The molecule has 33 N–H and O–H groups in total. The third-order valence-electron chi connectivity index (χ3n) is 17.9. The summed E-state index contributed by atoms with van der Waals surface area (Å²) in [5, 5.41) is 128. The molecule has 0 bridgehead atoms. The number of aliphatic hydroxyl groups excluding tert-OH is 2. The maximum Gasteiger partial charge on any atom is 0.305 e. The number of nitrogens with one attached hydrogen (secondary N) is 15. The summed E-state index contributed by atoms with van der Waals surface area (Å²) < 4.78 is 0. The number of guanidine groups is 2. The van der Waals surface area contributed by atoms with Crippen molar-refractivity contribution >= 4 is 101 Å². The van der Waals surface area contributed by atoms with E-state index in [2.05, 4.69) is 69.1 Å². The quantitative estimate of drug-likeness (QED) is 0.0142. The first-order valence-corrected chi connectivity index (χ1v) is 36.7. The van der Waals surface area contributed by atoms with Gasteiger partial charge in [-0.05, 0) is 131 Å². The second-order valence-corrected chi connectivity index (χ2v) is 27.3. The number of carbonyl (C=O) groups is 15. The van der Waals surface area contributed by atoms with Gasteiger partial charge in [0.05, 0.1) is 25.0 Å². The summed E-state index contributed by atoms with van der Waals surface area (Å²) in [6.07, 6.45) is -8.18. The number of carbonyl (C=O) groups excluding carboxylic acids is 12. The molecule has 43 nitrogen and oxygen atoms in total. The van der Waals surface area contributed by atoms with Gasteiger partial charge in [-0.25, -0.2) is 0 Å². The first-order valence-electron chi connectivity index (χ1n) is 36.7. The van der Waals surface area contributed by atoms with Crippen molar-refractivity contribution < 1.29 is 113 Å². The number of aromatic hydroxyl groups is 3. The Morgan fingerprint density at radius 1 is 0.374 bits per heavy atom. The third-order valence-corrected chi connectivity index (χ3v) is 17.9. The Balaban J connectivity index is 2.07. The fourth-order valence-electron chi connectivity index (χ4n) is 11.2. The summed E-state index contributed by atoms with van der Waals surface area (Å²) in [6, 6.07) is -5.87. The van der Waals surface area contributed by atoms with Gasteiger partial charge in [0.1, 0.15) is 89.8 Å². The summed E-state index contributed by atoms with van der Waals surface area (Å²) >= 11 is 0. The van der Waals surface area contributed by atoms with Gasteiger partial charge in [-0.2, -0.15) is 0 Å². The minimum atomic E-state index is -2.23. The summed E-state index contributed by atoms with van der Waals surface area (Å²) in [5.41, 5.74) is 28.6. The molecule has 3 rings (SSSR count). The number of hydrogen-bond acceptors (Lipinski definition) is 24. The predicted molar refractivity (Wildman–Crippen MR) is 409 cm³/mol. The molecule has 3 aromatic carbocycles. The molecule has 0 aromatic heterocycles. The molecular formula is C72H108N20O23. The number of hydrogen-bond donors (Lipinski definition) is 28. The van der Waals surface area contributed by atoms with Crippen molar-refractivity contribution in [1.82, 2.24) is 69.1 Å². The fourth-order valence-corrected chi connectivity index (χ4v) is 11.2. The molecular weight excluding hydrogens is 1510 g/mol. The minimum Gasteiger partial charge on any atom is -0.508 e. The van der Waals surface area contributed by atoms with Gasteiger partial charge in [-0.15, -0.1) is 0 Å². The Hall–Kier alpha value is -12.5. The van der Waals surface area contributed by atoms with Crippen molar-refractivity contribution in [3.63, 3.8) is 0 Å². The first-order chi connectivity index (χ1) is 54.1. The van der Waals surface area contributed by atoms with Gasteiger partial charge < -0.3 is 139 Å². The number of amides is 12. The smallest absolute Gasteiger partial charge is 0.305 e. The summed E-state index contributed by atoms with van der Waals surface area (Å²) in [5.74, 6) is -21.5. The molecule has 15 atom stereocenters. The van der Waals surface area contributed by atoms with Crippen LogP contribution < -0.4 is 97.8 Å². The Bertz CT molecular complexity index is 3840. The lowest BCUT2D eigenvalue weighted by atomic mass is 9.96. The molecule has 0 fully saturated rings.